The molecule has 2 heteroatoms. The SMILES string of the molecule is C#C/C=C\CC1CCCC2C1CCC(CCC=C=C)N2C(C)=O. The van der Waals surface area contributed by atoms with Crippen LogP contribution in [0, 0.1) is 24.2 Å². The summed E-state index contributed by atoms with van der Waals surface area (Å²) in [4.78, 5) is 14.5. The lowest BCUT2D eigenvalue weighted by Gasteiger charge is -2.51. The Bertz CT molecular complexity index is 520. The van der Waals surface area contributed by atoms with Crippen LogP contribution in [0.5, 0.6) is 0 Å². The molecule has 1 amide bonds. The Morgan fingerprint density at radius 2 is 2.17 bits per heavy atom. The van der Waals surface area contributed by atoms with E-state index in [1.165, 1.54) is 19.3 Å². The molecule has 0 radical (unpaired) electrons. The van der Waals surface area contributed by atoms with Gasteiger partial charge in [0.25, 0.3) is 0 Å². The summed E-state index contributed by atoms with van der Waals surface area (Å²) in [6.07, 6.45) is 20.3. The second-order valence-electron chi connectivity index (χ2n) is 6.87. The van der Waals surface area contributed by atoms with Crippen LogP contribution in [0.1, 0.15) is 58.3 Å². The zero-order valence-corrected chi connectivity index (χ0v) is 14.3. The molecule has 2 nitrogen and oxygen atoms in total. The molecule has 1 saturated carbocycles. The van der Waals surface area contributed by atoms with Crippen molar-refractivity contribution in [2.24, 2.45) is 11.8 Å². The summed E-state index contributed by atoms with van der Waals surface area (Å²) in [7, 11) is 0. The van der Waals surface area contributed by atoms with Crippen molar-refractivity contribution >= 4 is 5.91 Å². The number of rotatable bonds is 5. The maximum atomic E-state index is 12.3. The number of amides is 1. The van der Waals surface area contributed by atoms with Gasteiger partial charge in [-0.2, -0.15) is 0 Å². The fraction of sp³-hybridized carbons (Fsp3) is 0.619. The van der Waals surface area contributed by atoms with Crippen molar-refractivity contribution in [3.05, 3.63) is 30.5 Å². The van der Waals surface area contributed by atoms with E-state index in [0.29, 0.717) is 23.9 Å². The van der Waals surface area contributed by atoms with Gasteiger partial charge >= 0.3 is 0 Å². The average molecular weight is 311 g/mol. The molecule has 1 aliphatic heterocycles. The van der Waals surface area contributed by atoms with Gasteiger partial charge in [0.2, 0.25) is 5.91 Å². The summed E-state index contributed by atoms with van der Waals surface area (Å²) in [5, 5.41) is 0. The van der Waals surface area contributed by atoms with Crippen molar-refractivity contribution < 1.29 is 4.79 Å². The van der Waals surface area contributed by atoms with Crippen molar-refractivity contribution in [3.8, 4) is 12.3 Å². The van der Waals surface area contributed by atoms with Crippen LogP contribution < -0.4 is 0 Å². The predicted molar refractivity (Wildman–Crippen MR) is 95.7 cm³/mol. The number of hydrogen-bond acceptors (Lipinski definition) is 1. The highest BCUT2D eigenvalue weighted by Crippen LogP contribution is 2.43. The Labute approximate surface area is 141 Å². The highest BCUT2D eigenvalue weighted by molar-refractivity contribution is 5.74. The lowest BCUT2D eigenvalue weighted by Crippen LogP contribution is -2.56. The quantitative estimate of drug-likeness (QED) is 0.541. The fourth-order valence-electron chi connectivity index (χ4n) is 4.66. The maximum absolute atomic E-state index is 12.3. The predicted octanol–water partition coefficient (Wildman–Crippen LogP) is 4.48. The molecule has 1 aliphatic carbocycles. The van der Waals surface area contributed by atoms with Crippen molar-refractivity contribution in [2.45, 2.75) is 70.4 Å². The zero-order chi connectivity index (χ0) is 16.7. The van der Waals surface area contributed by atoms with Gasteiger partial charge in [-0.05, 0) is 68.9 Å². The number of carbonyl (C=O) groups excluding carboxylic acids is 1. The lowest BCUT2D eigenvalue weighted by molar-refractivity contribution is -0.141. The highest BCUT2D eigenvalue weighted by atomic mass is 16.2. The van der Waals surface area contributed by atoms with Crippen LogP contribution in [-0.4, -0.2) is 22.9 Å². The summed E-state index contributed by atoms with van der Waals surface area (Å²) in [5.41, 5.74) is 2.84. The largest absolute Gasteiger partial charge is 0.337 e. The Balaban J connectivity index is 2.09. The molecular formula is C21H29NO. The number of carbonyl (C=O) groups is 1. The Hall–Kier alpha value is -1.71. The van der Waals surface area contributed by atoms with E-state index < -0.39 is 0 Å². The summed E-state index contributed by atoms with van der Waals surface area (Å²) in [5.74, 6) is 4.14. The van der Waals surface area contributed by atoms with Crippen LogP contribution in [0.4, 0.5) is 0 Å². The number of nitrogens with zero attached hydrogens (tertiary/aromatic N) is 1. The molecule has 0 spiro atoms. The monoisotopic (exact) mass is 311 g/mol. The molecule has 2 rings (SSSR count). The molecule has 0 aromatic carbocycles. The first-order valence-electron chi connectivity index (χ1n) is 8.93. The molecule has 0 aromatic heterocycles. The number of likely N-dealkylation sites (tertiary alicyclic amines) is 1. The van der Waals surface area contributed by atoms with Gasteiger partial charge in [0, 0.05) is 19.0 Å². The molecule has 124 valence electrons. The smallest absolute Gasteiger partial charge is 0.219 e. The third-order valence-corrected chi connectivity index (χ3v) is 5.56. The Morgan fingerprint density at radius 1 is 1.35 bits per heavy atom. The van der Waals surface area contributed by atoms with E-state index in [0.717, 1.165) is 32.1 Å². The van der Waals surface area contributed by atoms with Crippen LogP contribution in [0.25, 0.3) is 0 Å². The van der Waals surface area contributed by atoms with Gasteiger partial charge in [-0.25, -0.2) is 0 Å². The number of hydrogen-bond donors (Lipinski definition) is 0. The van der Waals surface area contributed by atoms with Crippen molar-refractivity contribution in [1.82, 2.24) is 4.90 Å². The van der Waals surface area contributed by atoms with Gasteiger partial charge < -0.3 is 4.90 Å². The highest BCUT2D eigenvalue weighted by Gasteiger charge is 2.42. The summed E-state index contributed by atoms with van der Waals surface area (Å²) >= 11 is 0. The van der Waals surface area contributed by atoms with Gasteiger partial charge in [-0.1, -0.05) is 25.0 Å². The average Bonchev–Trinajstić information content (AvgIpc) is 2.54. The van der Waals surface area contributed by atoms with E-state index in [9.17, 15) is 4.79 Å². The van der Waals surface area contributed by atoms with Crippen molar-refractivity contribution in [3.63, 3.8) is 0 Å². The van der Waals surface area contributed by atoms with Gasteiger partial charge in [0.1, 0.15) is 0 Å². The fourth-order valence-corrected chi connectivity index (χ4v) is 4.66. The van der Waals surface area contributed by atoms with Crippen molar-refractivity contribution in [2.75, 3.05) is 0 Å². The van der Waals surface area contributed by atoms with E-state index in [4.69, 9.17) is 6.42 Å². The van der Waals surface area contributed by atoms with Gasteiger partial charge in [0.05, 0.1) is 0 Å². The van der Waals surface area contributed by atoms with E-state index >= 15 is 0 Å². The third-order valence-electron chi connectivity index (χ3n) is 5.56. The summed E-state index contributed by atoms with van der Waals surface area (Å²) in [6.45, 7) is 5.36. The Kier molecular flexibility index (Phi) is 6.75. The van der Waals surface area contributed by atoms with Crippen LogP contribution >= 0.6 is 0 Å². The lowest BCUT2D eigenvalue weighted by atomic mass is 9.68. The molecule has 0 aromatic rings. The number of allylic oxidation sites excluding steroid dienone is 3. The van der Waals surface area contributed by atoms with Crippen molar-refractivity contribution in [1.29, 1.82) is 0 Å². The molecule has 0 bridgehead atoms. The number of piperidine rings is 1. The number of terminal acetylenes is 1. The second kappa shape index (κ2) is 8.80. The maximum Gasteiger partial charge on any atom is 0.219 e. The molecule has 2 aliphatic rings. The third kappa shape index (κ3) is 4.40. The van der Waals surface area contributed by atoms with Gasteiger partial charge in [0.15, 0.2) is 0 Å². The standard InChI is InChI=1S/C21H29NO/c1-4-6-8-11-18-12-10-14-21-20(18)16-15-19(13-9-7-5-2)22(21)17(3)23/h1,6-8,18-21H,2,9-16H2,3H3/b8-6-. The molecule has 23 heavy (non-hydrogen) atoms. The summed E-state index contributed by atoms with van der Waals surface area (Å²) in [6, 6.07) is 0.815. The van der Waals surface area contributed by atoms with Crippen LogP contribution in [-0.2, 0) is 4.79 Å². The first kappa shape index (κ1) is 17.6. The van der Waals surface area contributed by atoms with Gasteiger partial charge in [-0.3, -0.25) is 4.79 Å². The molecule has 1 saturated heterocycles. The Morgan fingerprint density at radius 3 is 2.87 bits per heavy atom. The summed E-state index contributed by atoms with van der Waals surface area (Å²) < 4.78 is 0. The molecule has 4 unspecified atom stereocenters. The molecular weight excluding hydrogens is 282 g/mol. The first-order valence-corrected chi connectivity index (χ1v) is 8.93. The normalized spacial score (nSPS) is 30.3. The van der Waals surface area contributed by atoms with Crippen LogP contribution in [0.3, 0.4) is 0 Å². The second-order valence-corrected chi connectivity index (χ2v) is 6.87. The van der Waals surface area contributed by atoms with Gasteiger partial charge in [-0.15, -0.1) is 12.2 Å². The molecule has 1 heterocycles. The number of fused-ring (bicyclic) bond motifs is 1. The zero-order valence-electron chi connectivity index (χ0n) is 14.3. The van der Waals surface area contributed by atoms with Crippen LogP contribution in [0.2, 0.25) is 0 Å². The van der Waals surface area contributed by atoms with E-state index in [2.05, 4.69) is 29.2 Å². The molecule has 2 fully saturated rings. The minimum atomic E-state index is 0.243. The molecule has 0 N–H and O–H groups in total. The van der Waals surface area contributed by atoms with E-state index in [1.807, 2.05) is 12.2 Å². The minimum Gasteiger partial charge on any atom is -0.337 e. The first-order chi connectivity index (χ1) is 11.2. The molecule has 4 atom stereocenters. The van der Waals surface area contributed by atoms with E-state index in [1.54, 1.807) is 6.92 Å². The minimum absolute atomic E-state index is 0.243. The van der Waals surface area contributed by atoms with Crippen LogP contribution in [0.15, 0.2) is 30.5 Å². The van der Waals surface area contributed by atoms with E-state index in [-0.39, 0.29) is 5.91 Å². The topological polar surface area (TPSA) is 20.3 Å².